The summed E-state index contributed by atoms with van der Waals surface area (Å²) < 4.78 is 1.69. The third kappa shape index (κ3) is 2.05. The van der Waals surface area contributed by atoms with Gasteiger partial charge in [0.05, 0.1) is 15.9 Å². The molecule has 1 fully saturated rings. The maximum Gasteiger partial charge on any atom is 0.151 e. The highest BCUT2D eigenvalue weighted by molar-refractivity contribution is 7.13. The first-order chi connectivity index (χ1) is 9.65. The van der Waals surface area contributed by atoms with Gasteiger partial charge in [-0.2, -0.15) is 0 Å². The van der Waals surface area contributed by atoms with Gasteiger partial charge in [0.15, 0.2) is 5.82 Å². The maximum atomic E-state index is 6.19. The lowest BCUT2D eigenvalue weighted by Crippen LogP contribution is -2.05. The Kier molecular flexibility index (Phi) is 2.85. The smallest absolute Gasteiger partial charge is 0.151 e. The van der Waals surface area contributed by atoms with Gasteiger partial charge in [-0.1, -0.05) is 18.2 Å². The number of aromatic nitrogens is 2. The van der Waals surface area contributed by atoms with Crippen LogP contribution in [0.5, 0.6) is 0 Å². The lowest BCUT2D eigenvalue weighted by Gasteiger charge is -2.08. The molecule has 0 saturated heterocycles. The summed E-state index contributed by atoms with van der Waals surface area (Å²) in [6.45, 7) is 0.820. The normalized spacial score (nSPS) is 20.4. The number of halogens is 2. The summed E-state index contributed by atoms with van der Waals surface area (Å²) in [6, 6.07) is 12.4. The van der Waals surface area contributed by atoms with Crippen LogP contribution in [-0.4, -0.2) is 13.9 Å². The van der Waals surface area contributed by atoms with Gasteiger partial charge in [-0.25, -0.2) is 4.98 Å². The van der Waals surface area contributed by atoms with Crippen molar-refractivity contribution in [2.45, 2.75) is 17.3 Å². The third-order valence-corrected chi connectivity index (χ3v) is 5.55. The van der Waals surface area contributed by atoms with E-state index in [1.165, 1.54) is 4.88 Å². The number of hydrogen-bond donors (Lipinski definition) is 0. The molecular weight excluding hydrogens is 311 g/mol. The Bertz CT molecular complexity index is 761. The lowest BCUT2D eigenvalue weighted by atomic mass is 10.3. The maximum absolute atomic E-state index is 6.19. The van der Waals surface area contributed by atoms with Crippen molar-refractivity contribution < 1.29 is 0 Å². The molecule has 3 aromatic rings. The summed E-state index contributed by atoms with van der Waals surface area (Å²) in [4.78, 5) is 5.95. The van der Waals surface area contributed by atoms with E-state index in [4.69, 9.17) is 28.2 Å². The zero-order valence-electron chi connectivity index (χ0n) is 10.6. The highest BCUT2D eigenvalue weighted by Crippen LogP contribution is 2.54. The van der Waals surface area contributed by atoms with Crippen LogP contribution in [0.15, 0.2) is 41.8 Å². The van der Waals surface area contributed by atoms with Crippen LogP contribution in [0.4, 0.5) is 0 Å². The van der Waals surface area contributed by atoms with Crippen LogP contribution in [-0.2, 0) is 6.54 Å². The molecule has 1 aliphatic carbocycles. The van der Waals surface area contributed by atoms with Crippen LogP contribution < -0.4 is 0 Å². The van der Waals surface area contributed by atoms with E-state index >= 15 is 0 Å². The second-order valence-electron chi connectivity index (χ2n) is 5.17. The molecule has 1 atom stereocenters. The van der Waals surface area contributed by atoms with Crippen molar-refractivity contribution in [1.29, 1.82) is 0 Å². The zero-order valence-corrected chi connectivity index (χ0v) is 12.9. The van der Waals surface area contributed by atoms with E-state index in [1.807, 2.05) is 24.3 Å². The SMILES string of the molecule is ClC1(Cl)C[C@@H]1Cn1c(-c2cccs2)nc2ccccc21. The summed E-state index contributed by atoms with van der Waals surface area (Å²) in [5, 5.41) is 2.07. The Morgan fingerprint density at radius 1 is 1.25 bits per heavy atom. The highest BCUT2D eigenvalue weighted by Gasteiger charge is 2.51. The molecule has 0 unspecified atom stereocenters. The van der Waals surface area contributed by atoms with Crippen LogP contribution in [0.25, 0.3) is 21.7 Å². The van der Waals surface area contributed by atoms with Crippen molar-refractivity contribution in [2.75, 3.05) is 0 Å². The van der Waals surface area contributed by atoms with E-state index in [1.54, 1.807) is 11.3 Å². The van der Waals surface area contributed by atoms with Gasteiger partial charge in [0.2, 0.25) is 0 Å². The predicted octanol–water partition coefficient (Wildman–Crippen LogP) is 4.96. The van der Waals surface area contributed by atoms with Crippen LogP contribution in [0, 0.1) is 5.92 Å². The van der Waals surface area contributed by atoms with E-state index in [0.29, 0.717) is 5.92 Å². The molecule has 2 heterocycles. The molecule has 1 aromatic carbocycles. The van der Waals surface area contributed by atoms with Crippen molar-refractivity contribution in [3.8, 4) is 10.7 Å². The van der Waals surface area contributed by atoms with Gasteiger partial charge < -0.3 is 4.57 Å². The minimum absolute atomic E-state index is 0.308. The summed E-state index contributed by atoms with van der Waals surface area (Å²) >= 11 is 14.1. The van der Waals surface area contributed by atoms with Gasteiger partial charge in [0, 0.05) is 12.5 Å². The van der Waals surface area contributed by atoms with Gasteiger partial charge in [-0.05, 0) is 30.0 Å². The molecule has 20 heavy (non-hydrogen) atoms. The number of nitrogens with zero attached hydrogens (tertiary/aromatic N) is 2. The minimum atomic E-state index is -0.557. The summed E-state index contributed by atoms with van der Waals surface area (Å²) in [7, 11) is 0. The second-order valence-corrected chi connectivity index (χ2v) is 7.66. The van der Waals surface area contributed by atoms with E-state index in [-0.39, 0.29) is 0 Å². The molecule has 2 nitrogen and oxygen atoms in total. The second kappa shape index (κ2) is 4.48. The Balaban J connectivity index is 1.85. The molecule has 1 saturated carbocycles. The monoisotopic (exact) mass is 322 g/mol. The van der Waals surface area contributed by atoms with Gasteiger partial charge in [0.1, 0.15) is 4.33 Å². The Morgan fingerprint density at radius 3 is 2.75 bits per heavy atom. The van der Waals surface area contributed by atoms with Crippen molar-refractivity contribution in [3.63, 3.8) is 0 Å². The Labute approximate surface area is 131 Å². The van der Waals surface area contributed by atoms with Crippen LogP contribution in [0.1, 0.15) is 6.42 Å². The minimum Gasteiger partial charge on any atom is -0.323 e. The fraction of sp³-hybridized carbons (Fsp3) is 0.267. The number of imidazole rings is 1. The van der Waals surface area contributed by atoms with Gasteiger partial charge in [0.25, 0.3) is 0 Å². The average Bonchev–Trinajstić information content (AvgIpc) is 2.87. The molecule has 0 bridgehead atoms. The van der Waals surface area contributed by atoms with Crippen molar-refractivity contribution in [2.24, 2.45) is 5.92 Å². The standard InChI is InChI=1S/C15H12Cl2N2S/c16-15(17)8-10(15)9-19-12-5-2-1-4-11(12)18-14(19)13-6-3-7-20-13/h1-7,10H,8-9H2/t10-/m1/s1. The van der Waals surface area contributed by atoms with Gasteiger partial charge >= 0.3 is 0 Å². The van der Waals surface area contributed by atoms with Crippen LogP contribution in [0.2, 0.25) is 0 Å². The number of benzene rings is 1. The number of fused-ring (bicyclic) bond motifs is 1. The topological polar surface area (TPSA) is 17.8 Å². The zero-order chi connectivity index (χ0) is 13.7. The average molecular weight is 323 g/mol. The molecule has 5 heteroatoms. The van der Waals surface area contributed by atoms with Crippen LogP contribution in [0.3, 0.4) is 0 Å². The molecule has 0 amide bonds. The first kappa shape index (κ1) is 12.7. The quantitative estimate of drug-likeness (QED) is 0.623. The number of hydrogen-bond acceptors (Lipinski definition) is 2. The van der Waals surface area contributed by atoms with Gasteiger partial charge in [-0.15, -0.1) is 34.5 Å². The Hall–Kier alpha value is -1.03. The molecule has 0 radical (unpaired) electrons. The lowest BCUT2D eigenvalue weighted by molar-refractivity contribution is 0.643. The first-order valence-electron chi connectivity index (χ1n) is 6.52. The first-order valence-corrected chi connectivity index (χ1v) is 8.16. The number of rotatable bonds is 3. The molecule has 4 rings (SSSR count). The number of para-hydroxylation sites is 2. The van der Waals surface area contributed by atoms with Crippen LogP contribution >= 0.6 is 34.5 Å². The highest BCUT2D eigenvalue weighted by atomic mass is 35.5. The van der Waals surface area contributed by atoms with E-state index < -0.39 is 4.33 Å². The van der Waals surface area contributed by atoms with E-state index in [9.17, 15) is 0 Å². The Morgan fingerprint density at radius 2 is 2.05 bits per heavy atom. The van der Waals surface area contributed by atoms with Gasteiger partial charge in [-0.3, -0.25) is 0 Å². The molecule has 1 aliphatic rings. The van der Waals surface area contributed by atoms with E-state index in [2.05, 4.69) is 22.1 Å². The van der Waals surface area contributed by atoms with Crippen molar-refractivity contribution in [1.82, 2.24) is 9.55 Å². The van der Waals surface area contributed by atoms with Crippen molar-refractivity contribution >= 4 is 45.6 Å². The number of alkyl halides is 2. The summed E-state index contributed by atoms with van der Waals surface area (Å²) in [5.74, 6) is 1.32. The molecular formula is C15H12Cl2N2S. The summed E-state index contributed by atoms with van der Waals surface area (Å²) in [5.41, 5.74) is 2.17. The predicted molar refractivity (Wildman–Crippen MR) is 85.6 cm³/mol. The molecule has 0 aliphatic heterocycles. The molecule has 2 aromatic heterocycles. The third-order valence-electron chi connectivity index (χ3n) is 3.75. The fourth-order valence-corrected chi connectivity index (χ4v) is 3.77. The van der Waals surface area contributed by atoms with E-state index in [0.717, 1.165) is 29.8 Å². The molecule has 0 N–H and O–H groups in total. The van der Waals surface area contributed by atoms with Crippen molar-refractivity contribution in [3.05, 3.63) is 41.8 Å². The molecule has 102 valence electrons. The largest absolute Gasteiger partial charge is 0.323 e. The fourth-order valence-electron chi connectivity index (χ4n) is 2.54. The molecule has 0 spiro atoms. The summed E-state index contributed by atoms with van der Waals surface area (Å²) in [6.07, 6.45) is 0.854. The number of thiophene rings is 1.